The van der Waals surface area contributed by atoms with Gasteiger partial charge in [0.05, 0.1) is 9.40 Å². The fourth-order valence-corrected chi connectivity index (χ4v) is 2.03. The number of non-ortho nitro benzene ring substituents is 1. The summed E-state index contributed by atoms with van der Waals surface area (Å²) in [5.41, 5.74) is 0.580. The standard InChI is InChI=1S/C14H10BrNO4/c1-9(17)10-2-7-14(13(15)8-10)20-12-5-3-11(4-6-12)16(18)19/h2-8H,1H3. The van der Waals surface area contributed by atoms with E-state index in [4.69, 9.17) is 4.74 Å². The highest BCUT2D eigenvalue weighted by Crippen LogP contribution is 2.31. The fourth-order valence-electron chi connectivity index (χ4n) is 1.57. The summed E-state index contributed by atoms with van der Waals surface area (Å²) in [5, 5.41) is 10.6. The maximum atomic E-state index is 11.2. The number of Topliss-reactive ketones (excluding diaryl/α,β-unsaturated/α-hetero) is 1. The van der Waals surface area contributed by atoms with Crippen molar-refractivity contribution in [2.75, 3.05) is 0 Å². The molecule has 0 N–H and O–H groups in total. The van der Waals surface area contributed by atoms with Crippen LogP contribution >= 0.6 is 15.9 Å². The van der Waals surface area contributed by atoms with Crippen LogP contribution in [0.15, 0.2) is 46.9 Å². The van der Waals surface area contributed by atoms with Crippen molar-refractivity contribution < 1.29 is 14.5 Å². The minimum absolute atomic E-state index is 0.00310. The predicted octanol–water partition coefficient (Wildman–Crippen LogP) is 4.35. The molecule has 0 spiro atoms. The van der Waals surface area contributed by atoms with Crippen molar-refractivity contribution in [1.29, 1.82) is 0 Å². The van der Waals surface area contributed by atoms with Gasteiger partial charge in [0.1, 0.15) is 11.5 Å². The van der Waals surface area contributed by atoms with Gasteiger partial charge in [-0.25, -0.2) is 0 Å². The number of rotatable bonds is 4. The molecule has 2 rings (SSSR count). The number of hydrogen-bond acceptors (Lipinski definition) is 4. The second kappa shape index (κ2) is 5.83. The predicted molar refractivity (Wildman–Crippen MR) is 77.3 cm³/mol. The van der Waals surface area contributed by atoms with Crippen molar-refractivity contribution in [3.63, 3.8) is 0 Å². The molecule has 0 bridgehead atoms. The molecule has 6 heteroatoms. The molecule has 0 saturated carbocycles. The summed E-state index contributed by atoms with van der Waals surface area (Å²) in [5.74, 6) is 0.975. The van der Waals surface area contributed by atoms with Gasteiger partial charge in [0.2, 0.25) is 0 Å². The average molecular weight is 336 g/mol. The van der Waals surface area contributed by atoms with Gasteiger partial charge in [-0.05, 0) is 53.2 Å². The van der Waals surface area contributed by atoms with Gasteiger partial charge in [0.15, 0.2) is 5.78 Å². The van der Waals surface area contributed by atoms with Crippen LogP contribution in [0.25, 0.3) is 0 Å². The van der Waals surface area contributed by atoms with Gasteiger partial charge in [-0.15, -0.1) is 0 Å². The first-order valence-electron chi connectivity index (χ1n) is 5.70. The summed E-state index contributed by atoms with van der Waals surface area (Å²) in [4.78, 5) is 21.3. The Hall–Kier alpha value is -2.21. The summed E-state index contributed by atoms with van der Waals surface area (Å²) < 4.78 is 6.24. The third kappa shape index (κ3) is 3.21. The number of ether oxygens (including phenoxy) is 1. The van der Waals surface area contributed by atoms with E-state index in [1.54, 1.807) is 18.2 Å². The molecule has 0 heterocycles. The lowest BCUT2D eigenvalue weighted by Gasteiger charge is -2.08. The zero-order valence-electron chi connectivity index (χ0n) is 10.5. The van der Waals surface area contributed by atoms with Crippen molar-refractivity contribution in [2.24, 2.45) is 0 Å². The number of hydrogen-bond donors (Lipinski definition) is 0. The molecule has 0 unspecified atom stereocenters. The molecular weight excluding hydrogens is 326 g/mol. The monoisotopic (exact) mass is 335 g/mol. The van der Waals surface area contributed by atoms with Crippen LogP contribution in [-0.2, 0) is 0 Å². The third-order valence-electron chi connectivity index (χ3n) is 2.61. The third-order valence-corrected chi connectivity index (χ3v) is 3.23. The second-order valence-electron chi connectivity index (χ2n) is 4.05. The smallest absolute Gasteiger partial charge is 0.269 e. The maximum absolute atomic E-state index is 11.2. The highest BCUT2D eigenvalue weighted by Gasteiger charge is 2.08. The van der Waals surface area contributed by atoms with Crippen LogP contribution in [0.5, 0.6) is 11.5 Å². The minimum Gasteiger partial charge on any atom is -0.456 e. The average Bonchev–Trinajstić information content (AvgIpc) is 2.41. The lowest BCUT2D eigenvalue weighted by molar-refractivity contribution is -0.384. The SMILES string of the molecule is CC(=O)c1ccc(Oc2ccc([N+](=O)[O-])cc2)c(Br)c1. The molecular formula is C14H10BrNO4. The molecule has 0 amide bonds. The van der Waals surface area contributed by atoms with Crippen LogP contribution in [0.1, 0.15) is 17.3 Å². The number of halogens is 1. The van der Waals surface area contributed by atoms with Crippen molar-refractivity contribution in [3.8, 4) is 11.5 Å². The van der Waals surface area contributed by atoms with Gasteiger partial charge in [0, 0.05) is 17.7 Å². The summed E-state index contributed by atoms with van der Waals surface area (Å²) in [6, 6.07) is 10.8. The molecule has 0 aliphatic carbocycles. The van der Waals surface area contributed by atoms with E-state index in [-0.39, 0.29) is 11.5 Å². The van der Waals surface area contributed by atoms with E-state index in [0.717, 1.165) is 0 Å². The van der Waals surface area contributed by atoms with E-state index in [2.05, 4.69) is 15.9 Å². The Balaban J connectivity index is 2.21. The quantitative estimate of drug-likeness (QED) is 0.473. The van der Waals surface area contributed by atoms with Crippen molar-refractivity contribution in [3.05, 3.63) is 62.6 Å². The van der Waals surface area contributed by atoms with E-state index < -0.39 is 4.92 Å². The normalized spacial score (nSPS) is 10.1. The van der Waals surface area contributed by atoms with Crippen molar-refractivity contribution in [1.82, 2.24) is 0 Å². The number of carbonyl (C=O) groups is 1. The Morgan fingerprint density at radius 2 is 1.85 bits per heavy atom. The fraction of sp³-hybridized carbons (Fsp3) is 0.0714. The highest BCUT2D eigenvalue weighted by atomic mass is 79.9. The van der Waals surface area contributed by atoms with E-state index in [9.17, 15) is 14.9 Å². The van der Waals surface area contributed by atoms with E-state index in [1.165, 1.54) is 31.2 Å². The first-order valence-corrected chi connectivity index (χ1v) is 6.49. The molecule has 2 aromatic rings. The molecule has 0 fully saturated rings. The number of benzene rings is 2. The molecule has 0 aliphatic rings. The lowest BCUT2D eigenvalue weighted by atomic mass is 10.1. The van der Waals surface area contributed by atoms with Crippen molar-refractivity contribution >= 4 is 27.4 Å². The number of carbonyl (C=O) groups excluding carboxylic acids is 1. The van der Waals surface area contributed by atoms with Gasteiger partial charge in [-0.3, -0.25) is 14.9 Å². The maximum Gasteiger partial charge on any atom is 0.269 e. The molecule has 5 nitrogen and oxygen atoms in total. The van der Waals surface area contributed by atoms with Crippen LogP contribution < -0.4 is 4.74 Å². The van der Waals surface area contributed by atoms with E-state index >= 15 is 0 Å². The Labute approximate surface area is 123 Å². The Morgan fingerprint density at radius 3 is 2.35 bits per heavy atom. The first-order chi connectivity index (χ1) is 9.47. The zero-order valence-corrected chi connectivity index (χ0v) is 12.1. The summed E-state index contributed by atoms with van der Waals surface area (Å²) in [6.45, 7) is 1.48. The van der Waals surface area contributed by atoms with Crippen LogP contribution in [0.3, 0.4) is 0 Å². The van der Waals surface area contributed by atoms with Gasteiger partial charge in [0.25, 0.3) is 5.69 Å². The molecule has 0 aliphatic heterocycles. The summed E-state index contributed by atoms with van der Waals surface area (Å²) in [7, 11) is 0. The molecule has 2 aromatic carbocycles. The topological polar surface area (TPSA) is 69.4 Å². The van der Waals surface area contributed by atoms with Gasteiger partial charge < -0.3 is 4.74 Å². The molecule has 20 heavy (non-hydrogen) atoms. The van der Waals surface area contributed by atoms with E-state index in [1.807, 2.05) is 0 Å². The summed E-state index contributed by atoms with van der Waals surface area (Å²) >= 11 is 3.33. The number of nitro groups is 1. The molecule has 102 valence electrons. The molecule has 0 saturated heterocycles. The van der Waals surface area contributed by atoms with Gasteiger partial charge >= 0.3 is 0 Å². The van der Waals surface area contributed by atoms with Crippen LogP contribution in [0, 0.1) is 10.1 Å². The second-order valence-corrected chi connectivity index (χ2v) is 4.91. The van der Waals surface area contributed by atoms with Crippen LogP contribution in [0.2, 0.25) is 0 Å². The Bertz CT molecular complexity index is 667. The highest BCUT2D eigenvalue weighted by molar-refractivity contribution is 9.10. The Kier molecular flexibility index (Phi) is 4.14. The van der Waals surface area contributed by atoms with Crippen molar-refractivity contribution in [2.45, 2.75) is 6.92 Å². The van der Waals surface area contributed by atoms with Crippen LogP contribution in [0.4, 0.5) is 5.69 Å². The van der Waals surface area contributed by atoms with Crippen LogP contribution in [-0.4, -0.2) is 10.7 Å². The number of nitrogens with zero attached hydrogens (tertiary/aromatic N) is 1. The molecule has 0 aromatic heterocycles. The molecule has 0 atom stereocenters. The minimum atomic E-state index is -0.471. The Morgan fingerprint density at radius 1 is 1.20 bits per heavy atom. The molecule has 0 radical (unpaired) electrons. The lowest BCUT2D eigenvalue weighted by Crippen LogP contribution is -1.93. The largest absolute Gasteiger partial charge is 0.456 e. The summed E-state index contributed by atoms with van der Waals surface area (Å²) in [6.07, 6.45) is 0. The van der Waals surface area contributed by atoms with E-state index in [0.29, 0.717) is 21.5 Å². The van der Waals surface area contributed by atoms with Gasteiger partial charge in [-0.2, -0.15) is 0 Å². The van der Waals surface area contributed by atoms with Gasteiger partial charge in [-0.1, -0.05) is 0 Å². The number of ketones is 1. The zero-order chi connectivity index (χ0) is 14.7. The number of nitro benzene ring substituents is 1. The first kappa shape index (κ1) is 14.2.